The van der Waals surface area contributed by atoms with Gasteiger partial charge in [-0.15, -0.1) is 0 Å². The summed E-state index contributed by atoms with van der Waals surface area (Å²) in [4.78, 5) is 24.6. The highest BCUT2D eigenvalue weighted by Crippen LogP contribution is 2.39. The maximum atomic E-state index is 12.3. The third kappa shape index (κ3) is 3.58. The number of carbonyl (C=O) groups is 2. The highest BCUT2D eigenvalue weighted by molar-refractivity contribution is 6.40. The number of amides is 2. The lowest BCUT2D eigenvalue weighted by Gasteiger charge is -2.16. The van der Waals surface area contributed by atoms with Crippen molar-refractivity contribution in [2.75, 3.05) is 17.9 Å². The lowest BCUT2D eigenvalue weighted by Crippen LogP contribution is -2.29. The van der Waals surface area contributed by atoms with Crippen LogP contribution in [-0.4, -0.2) is 24.8 Å². The summed E-state index contributed by atoms with van der Waals surface area (Å²) in [5, 5.41) is 8.20. The largest absolute Gasteiger partial charge is 0.497 e. The number of amidine groups is 1. The van der Waals surface area contributed by atoms with Crippen molar-refractivity contribution in [2.24, 2.45) is 5.10 Å². The summed E-state index contributed by atoms with van der Waals surface area (Å²) in [6.45, 7) is 0. The van der Waals surface area contributed by atoms with Gasteiger partial charge in [0.2, 0.25) is 0 Å². The number of nitrogens with zero attached hydrogens (tertiary/aromatic N) is 2. The number of hydrogen-bond acceptors (Lipinski definition) is 5. The Labute approximate surface area is 159 Å². The second kappa shape index (κ2) is 7.23. The van der Waals surface area contributed by atoms with Crippen molar-refractivity contribution in [1.29, 1.82) is 0 Å². The Kier molecular flexibility index (Phi) is 5.01. The number of methoxy groups -OCH3 is 1. The first-order valence-corrected chi connectivity index (χ1v) is 8.25. The van der Waals surface area contributed by atoms with E-state index in [0.29, 0.717) is 17.0 Å². The van der Waals surface area contributed by atoms with E-state index in [4.69, 9.17) is 33.7 Å². The van der Waals surface area contributed by atoms with E-state index in [-0.39, 0.29) is 33.9 Å². The molecule has 0 unspecified atom stereocenters. The number of anilines is 2. The summed E-state index contributed by atoms with van der Waals surface area (Å²) in [6.07, 6.45) is -0.0905. The summed E-state index contributed by atoms with van der Waals surface area (Å²) < 4.78 is 5.08. The van der Waals surface area contributed by atoms with E-state index < -0.39 is 5.91 Å². The molecule has 0 fully saturated rings. The number of halogens is 2. The van der Waals surface area contributed by atoms with Crippen molar-refractivity contribution in [3.8, 4) is 5.75 Å². The number of nitrogens with one attached hydrogen (secondary N) is 1. The molecule has 1 heterocycles. The first-order chi connectivity index (χ1) is 12.4. The lowest BCUT2D eigenvalue weighted by atomic mass is 10.2. The van der Waals surface area contributed by atoms with Crippen molar-refractivity contribution >= 4 is 52.2 Å². The molecule has 3 N–H and O–H groups in total. The van der Waals surface area contributed by atoms with Crippen LogP contribution in [0.25, 0.3) is 0 Å². The van der Waals surface area contributed by atoms with E-state index in [9.17, 15) is 9.59 Å². The third-order valence-electron chi connectivity index (χ3n) is 3.62. The second-order valence-corrected chi connectivity index (χ2v) is 6.26. The molecule has 0 aliphatic carbocycles. The van der Waals surface area contributed by atoms with E-state index >= 15 is 0 Å². The molecule has 0 saturated heterocycles. The minimum absolute atomic E-state index is 0.0905. The fourth-order valence-electron chi connectivity index (χ4n) is 2.42. The van der Waals surface area contributed by atoms with Crippen LogP contribution in [0.5, 0.6) is 5.75 Å². The Bertz CT molecular complexity index is 907. The molecular formula is C17H14Cl2N4O3. The smallest absolute Gasteiger partial charge is 0.256 e. The van der Waals surface area contributed by atoms with E-state index in [1.807, 2.05) is 0 Å². The highest BCUT2D eigenvalue weighted by Gasteiger charge is 2.30. The molecule has 2 amide bonds. The van der Waals surface area contributed by atoms with Crippen LogP contribution < -0.4 is 20.8 Å². The van der Waals surface area contributed by atoms with Gasteiger partial charge in [0.15, 0.2) is 0 Å². The van der Waals surface area contributed by atoms with Crippen LogP contribution in [0.1, 0.15) is 16.8 Å². The molecule has 0 atom stereocenters. The predicted molar refractivity (Wildman–Crippen MR) is 101 cm³/mol. The fraction of sp³-hybridized carbons (Fsp3) is 0.118. The highest BCUT2D eigenvalue weighted by atomic mass is 35.5. The maximum absolute atomic E-state index is 12.3. The zero-order valence-electron chi connectivity index (χ0n) is 13.6. The van der Waals surface area contributed by atoms with Gasteiger partial charge in [-0.25, -0.2) is 0 Å². The van der Waals surface area contributed by atoms with Crippen LogP contribution in [0.4, 0.5) is 11.4 Å². The van der Waals surface area contributed by atoms with Crippen molar-refractivity contribution in [3.05, 3.63) is 52.0 Å². The lowest BCUT2D eigenvalue weighted by molar-refractivity contribution is -0.116. The molecular weight excluding hydrogens is 379 g/mol. The summed E-state index contributed by atoms with van der Waals surface area (Å²) in [6, 6.07) is 9.52. The standard InChI is InChI=1S/C17H14Cl2N4O3/c1-26-11-6-12(18)16(13(19)7-11)23-15(24)8-14(22-23)21-17(25)9-3-2-4-10(20)5-9/h2-7H,8,20H2,1H3,(H,21,22,25). The minimum atomic E-state index is -0.419. The van der Waals surface area contributed by atoms with Crippen LogP contribution >= 0.6 is 23.2 Å². The van der Waals surface area contributed by atoms with Crippen LogP contribution in [-0.2, 0) is 4.79 Å². The zero-order valence-corrected chi connectivity index (χ0v) is 15.1. The Morgan fingerprint density at radius 1 is 1.27 bits per heavy atom. The van der Waals surface area contributed by atoms with Crippen molar-refractivity contribution < 1.29 is 14.3 Å². The van der Waals surface area contributed by atoms with Gasteiger partial charge in [0.05, 0.1) is 23.6 Å². The summed E-state index contributed by atoms with van der Waals surface area (Å²) in [5.41, 5.74) is 6.72. The summed E-state index contributed by atoms with van der Waals surface area (Å²) >= 11 is 12.4. The Morgan fingerprint density at radius 3 is 2.58 bits per heavy atom. The topological polar surface area (TPSA) is 97.0 Å². The predicted octanol–water partition coefficient (Wildman–Crippen LogP) is 3.06. The first-order valence-electron chi connectivity index (χ1n) is 7.49. The average Bonchev–Trinajstić information content (AvgIpc) is 2.94. The monoisotopic (exact) mass is 392 g/mol. The zero-order chi connectivity index (χ0) is 18.8. The second-order valence-electron chi connectivity index (χ2n) is 5.45. The minimum Gasteiger partial charge on any atom is -0.497 e. The fourth-order valence-corrected chi connectivity index (χ4v) is 3.05. The molecule has 0 aromatic heterocycles. The molecule has 3 rings (SSSR count). The van der Waals surface area contributed by atoms with Gasteiger partial charge >= 0.3 is 0 Å². The average molecular weight is 393 g/mol. The molecule has 2 aromatic rings. The SMILES string of the molecule is COc1cc(Cl)c(N2N=C(NC(=O)c3cccc(N)c3)CC2=O)c(Cl)c1. The number of hydrogen-bond donors (Lipinski definition) is 2. The van der Waals surface area contributed by atoms with E-state index in [1.165, 1.54) is 25.3 Å². The first kappa shape index (κ1) is 18.0. The van der Waals surface area contributed by atoms with Crippen LogP contribution in [0, 0.1) is 0 Å². The van der Waals surface area contributed by atoms with Crippen molar-refractivity contribution in [1.82, 2.24) is 5.32 Å². The summed E-state index contributed by atoms with van der Waals surface area (Å²) in [7, 11) is 1.48. The van der Waals surface area contributed by atoms with E-state index in [2.05, 4.69) is 10.4 Å². The van der Waals surface area contributed by atoms with Crippen LogP contribution in [0.2, 0.25) is 10.0 Å². The molecule has 134 valence electrons. The number of nitrogens with two attached hydrogens (primary N) is 1. The van der Waals surface area contributed by atoms with Crippen LogP contribution in [0.15, 0.2) is 41.5 Å². The number of ether oxygens (including phenoxy) is 1. The van der Waals surface area contributed by atoms with E-state index in [0.717, 1.165) is 5.01 Å². The number of benzene rings is 2. The van der Waals surface area contributed by atoms with Crippen molar-refractivity contribution in [2.45, 2.75) is 6.42 Å². The number of carbonyl (C=O) groups excluding carboxylic acids is 2. The molecule has 2 aromatic carbocycles. The van der Waals surface area contributed by atoms with Gasteiger partial charge in [-0.3, -0.25) is 9.59 Å². The van der Waals surface area contributed by atoms with Gasteiger partial charge in [0, 0.05) is 23.4 Å². The molecule has 26 heavy (non-hydrogen) atoms. The molecule has 1 aliphatic heterocycles. The molecule has 0 bridgehead atoms. The summed E-state index contributed by atoms with van der Waals surface area (Å²) in [5.74, 6) is -0.153. The van der Waals surface area contributed by atoms with Gasteiger partial charge in [0.1, 0.15) is 17.3 Å². The van der Waals surface area contributed by atoms with Crippen LogP contribution in [0.3, 0.4) is 0 Å². The Morgan fingerprint density at radius 2 is 1.96 bits per heavy atom. The molecule has 0 saturated carbocycles. The Hall–Kier alpha value is -2.77. The molecule has 1 aliphatic rings. The molecule has 0 radical (unpaired) electrons. The molecule has 9 heteroatoms. The number of rotatable bonds is 3. The number of nitrogen functional groups attached to an aromatic ring is 1. The molecule has 0 spiro atoms. The maximum Gasteiger partial charge on any atom is 0.256 e. The van der Waals surface area contributed by atoms with E-state index in [1.54, 1.807) is 18.2 Å². The van der Waals surface area contributed by atoms with Gasteiger partial charge in [-0.1, -0.05) is 29.3 Å². The third-order valence-corrected chi connectivity index (χ3v) is 4.20. The molecule has 7 nitrogen and oxygen atoms in total. The van der Waals surface area contributed by atoms with Gasteiger partial charge < -0.3 is 15.8 Å². The van der Waals surface area contributed by atoms with Gasteiger partial charge in [-0.2, -0.15) is 10.1 Å². The van der Waals surface area contributed by atoms with Gasteiger partial charge in [-0.05, 0) is 18.2 Å². The normalized spacial score (nSPS) is 13.6. The van der Waals surface area contributed by atoms with Gasteiger partial charge in [0.25, 0.3) is 11.8 Å². The quantitative estimate of drug-likeness (QED) is 0.784. The Balaban J connectivity index is 1.85. The van der Waals surface area contributed by atoms with Crippen molar-refractivity contribution in [3.63, 3.8) is 0 Å². The number of hydrazone groups is 1.